The topological polar surface area (TPSA) is 380 Å². The van der Waals surface area contributed by atoms with E-state index in [2.05, 4.69) is 236 Å². The van der Waals surface area contributed by atoms with E-state index in [9.17, 15) is 18.3 Å². The van der Waals surface area contributed by atoms with E-state index >= 15 is 0 Å². The van der Waals surface area contributed by atoms with E-state index in [-0.39, 0.29) is 27.8 Å². The standard InChI is InChI=1S/C30H34N8.C29H44N8O3.C28H42N6O.C24H30ClN7O2S/c31-29-33-30(32-24-13-10-20-11-14-25(15-12-22(20)18-24)37-16-3-4-17-37)36-38(29)27-19-23-8-5-7-21-6-1-2-9-26(21)28(23)35-34-27;1-4-23-28(31-20-9-17-40-18-10-20)34-29(26(33-23)27(30)38)32-21-5-6-24(25(19-21)39-3)37-11-7-22(8-12-37)36-15-13-35(2)14-16-36;1-3-4-13-29-28-30-18-25-26(20-34(27(25)31-28)23-9-11-24(35)12-10-23)22-7-5-21(6-8-22)19-33-16-14-32(2)15-17-33;1-30(2)35(33,34)22-7-5-4-6-21(22)28-23-20(25)16-26-24(29-23)27-19-10-8-18(9-11-19)17-32-14-12-31(3)13-15-32/h1-2,6,9-10,13,18-19,25H,3-5,7-8,11-12,14-17H2,(H3,31,32,33,36);5-6,19-20,22H,4,7-18H2,1-3H3,(H2,30,38)(H2,31,32,34);5-8,18,23-24,26,35H,3-4,9-17,19-20H2,1-2H3,(H,29,30,31);4-11,16H,12-15,17H2,1-3H3,(H2,26,27,28,29)/t25-;;;/m0.../s1. The number of unbranched alkanes of at least 4 members (excludes halogenated alkanes) is 1. The Hall–Kier alpha value is -11.9. The zero-order chi connectivity index (χ0) is 103. The Labute approximate surface area is 877 Å². The summed E-state index contributed by atoms with van der Waals surface area (Å²) in [5.41, 5.74) is 29.7. The SMILES string of the molecule is CCCCNc1ncc2c(n1)N(C1CCC(O)CC1)CC2c1ccc(CN2CCN(C)CC2)cc1.CCc1nc(C(N)=O)c(Nc2ccc(N3CCC(N4CCN(C)CC4)CC3)c(OC)c2)nc1NC1CCOCC1.CN1CCN(Cc2ccc(Nc3ncc(Cl)c(Nc4ccccc4S(=O)(=O)N(C)C)n3)cc2)CC1.Nc1nc(Nc2ccc3c(c2)CC[C@@H](N2CCCC2)CC3)nn1-c1cc2c(nn1)-c1ccccc1CCC2. The average Bonchev–Trinajstić information content (AvgIpc) is 1.60. The van der Waals surface area contributed by atoms with Crippen LogP contribution < -0.4 is 57.9 Å². The molecule has 7 aliphatic heterocycles. The quantitative estimate of drug-likeness (QED) is 0.0155. The van der Waals surface area contributed by atoms with Gasteiger partial charge in [-0.1, -0.05) is 111 Å². The van der Waals surface area contributed by atoms with Crippen LogP contribution in [-0.2, 0) is 60.0 Å². The van der Waals surface area contributed by atoms with Gasteiger partial charge in [-0.3, -0.25) is 19.5 Å². The number of piperidine rings is 1. The highest BCUT2D eigenvalue weighted by Crippen LogP contribution is 2.45. The zero-order valence-corrected chi connectivity index (χ0v) is 89.0. The minimum Gasteiger partial charge on any atom is -0.495 e. The first kappa shape index (κ1) is 106. The molecule has 1 saturated carbocycles. The lowest BCUT2D eigenvalue weighted by molar-refractivity contribution is 0.0903. The summed E-state index contributed by atoms with van der Waals surface area (Å²) in [6, 6.07) is 49.3. The number of sulfonamides is 1. The Morgan fingerprint density at radius 2 is 1.20 bits per heavy atom. The fourth-order valence-corrected chi connectivity index (χ4v) is 23.1. The lowest BCUT2D eigenvalue weighted by Crippen LogP contribution is -2.52. The number of aromatic nitrogens is 11. The van der Waals surface area contributed by atoms with Crippen molar-refractivity contribution in [3.8, 4) is 22.8 Å². The van der Waals surface area contributed by atoms with Crippen LogP contribution in [0.4, 0.5) is 75.5 Å². The number of carbonyl (C=O) groups is 1. The molecule has 0 spiro atoms. The molecule has 7 fully saturated rings. The number of nitrogens with two attached hydrogens (primary N) is 2. The number of nitrogen functional groups attached to an aromatic ring is 1. The number of methoxy groups -OCH3 is 1. The second-order valence-corrected chi connectivity index (χ2v) is 43.9. The van der Waals surface area contributed by atoms with E-state index in [4.69, 9.17) is 47.5 Å². The number of likely N-dealkylation sites (N-methyl/N-ethyl adjacent to an activating group) is 3. The first-order chi connectivity index (χ1) is 72.0. The largest absolute Gasteiger partial charge is 0.495 e. The number of piperazine rings is 3. The highest BCUT2D eigenvalue weighted by molar-refractivity contribution is 7.89. The molecule has 148 heavy (non-hydrogen) atoms. The lowest BCUT2D eigenvalue weighted by atomic mass is 9.91. The van der Waals surface area contributed by atoms with Crippen LogP contribution in [0, 0.1) is 0 Å². The van der Waals surface area contributed by atoms with Gasteiger partial charge >= 0.3 is 0 Å². The van der Waals surface area contributed by atoms with Gasteiger partial charge in [0, 0.05) is 216 Å². The number of aliphatic hydroxyl groups is 1. The predicted octanol–water partition coefficient (Wildman–Crippen LogP) is 14.9. The van der Waals surface area contributed by atoms with Crippen molar-refractivity contribution in [2.75, 3.05) is 221 Å². The number of aryl methyl sites for hydroxylation is 5. The van der Waals surface area contributed by atoms with Crippen molar-refractivity contribution in [1.82, 2.24) is 93.5 Å². The maximum absolute atomic E-state index is 12.7. The number of likely N-dealkylation sites (tertiary alicyclic amines) is 1. The highest BCUT2D eigenvalue weighted by atomic mass is 35.5. The smallest absolute Gasteiger partial charge is 0.271 e. The fourth-order valence-electron chi connectivity index (χ4n) is 22.0. The maximum Gasteiger partial charge on any atom is 0.271 e. The molecule has 6 aromatic carbocycles. The zero-order valence-electron chi connectivity index (χ0n) is 87.4. The van der Waals surface area contributed by atoms with Crippen LogP contribution in [0.15, 0.2) is 157 Å². The summed E-state index contributed by atoms with van der Waals surface area (Å²) in [6.45, 7) is 27.5. The number of aliphatic hydroxyl groups excluding tert-OH is 1. The van der Waals surface area contributed by atoms with Crippen molar-refractivity contribution in [1.29, 1.82) is 0 Å². The number of nitrogens with one attached hydrogen (secondary N) is 6. The molecule has 21 rings (SSSR count). The van der Waals surface area contributed by atoms with Gasteiger partial charge in [0.2, 0.25) is 33.8 Å². The molecule has 37 heteroatoms. The molecule has 0 radical (unpaired) electrons. The number of anilines is 13. The minimum absolute atomic E-state index is 0.128. The van der Waals surface area contributed by atoms with Gasteiger partial charge in [0.15, 0.2) is 29.0 Å². The predicted molar refractivity (Wildman–Crippen MR) is 590 cm³/mol. The van der Waals surface area contributed by atoms with Gasteiger partial charge < -0.3 is 87.3 Å². The van der Waals surface area contributed by atoms with Gasteiger partial charge in [-0.15, -0.1) is 15.3 Å². The Morgan fingerprint density at radius 3 is 1.89 bits per heavy atom. The fraction of sp³-hybridized carbons (Fsp3) is 0.505. The van der Waals surface area contributed by atoms with Gasteiger partial charge in [0.1, 0.15) is 21.5 Å². The van der Waals surface area contributed by atoms with Crippen LogP contribution in [-0.4, -0.2) is 317 Å². The molecule has 12 heterocycles. The molecule has 11 N–H and O–H groups in total. The molecule has 0 bridgehead atoms. The molecule has 6 saturated heterocycles. The van der Waals surface area contributed by atoms with Crippen LogP contribution in [0.3, 0.4) is 0 Å². The number of primary amides is 1. The Morgan fingerprint density at radius 1 is 0.568 bits per heavy atom. The summed E-state index contributed by atoms with van der Waals surface area (Å²) in [5, 5.41) is 43.9. The van der Waals surface area contributed by atoms with E-state index < -0.39 is 15.9 Å². The Balaban J connectivity index is 0.000000129. The molecular formula is C111H150ClN29O6S. The average molecular weight is 2050 g/mol. The molecule has 35 nitrogen and oxygen atoms in total. The van der Waals surface area contributed by atoms with Crippen molar-refractivity contribution in [3.05, 3.63) is 213 Å². The minimum atomic E-state index is -3.65. The number of carbonyl (C=O) groups excluding carboxylic acids is 1. The molecule has 788 valence electrons. The number of halogens is 1. The number of para-hydroxylation sites is 1. The number of hydrogen-bond donors (Lipinski definition) is 9. The number of nitrogens with zero attached hydrogens (tertiary/aromatic N) is 21. The molecule has 1 amide bonds. The second-order valence-electron chi connectivity index (χ2n) is 41.4. The van der Waals surface area contributed by atoms with Crippen LogP contribution >= 0.6 is 11.6 Å². The molecular weight excluding hydrogens is 1900 g/mol. The van der Waals surface area contributed by atoms with Gasteiger partial charge in [-0.2, -0.15) is 19.6 Å². The number of fused-ring (bicyclic) bond motifs is 5. The summed E-state index contributed by atoms with van der Waals surface area (Å²) in [7, 11) is 7.58. The van der Waals surface area contributed by atoms with E-state index in [1.165, 1.54) is 115 Å². The number of ether oxygens (including phenoxy) is 2. The van der Waals surface area contributed by atoms with Crippen molar-refractivity contribution in [2.45, 2.75) is 196 Å². The van der Waals surface area contributed by atoms with Crippen molar-refractivity contribution in [2.24, 2.45) is 5.73 Å². The molecule has 3 aliphatic carbocycles. The van der Waals surface area contributed by atoms with E-state index in [1.54, 1.807) is 30.0 Å². The van der Waals surface area contributed by atoms with Crippen LogP contribution in [0.1, 0.15) is 177 Å². The van der Waals surface area contributed by atoms with E-state index in [1.807, 2.05) is 31.2 Å². The van der Waals surface area contributed by atoms with Crippen molar-refractivity contribution < 1.29 is 27.8 Å². The first-order valence-electron chi connectivity index (χ1n) is 53.6. The maximum atomic E-state index is 12.7. The third-order valence-electron chi connectivity index (χ3n) is 30.9. The second kappa shape index (κ2) is 50.1. The molecule has 2 atom stereocenters. The van der Waals surface area contributed by atoms with Crippen molar-refractivity contribution in [3.63, 3.8) is 0 Å². The Kier molecular flexibility index (Phi) is 35.9. The van der Waals surface area contributed by atoms with Gasteiger partial charge in [0.05, 0.1) is 42.2 Å². The van der Waals surface area contributed by atoms with Crippen molar-refractivity contribution >= 4 is 103 Å². The molecule has 5 aromatic heterocycles. The van der Waals surface area contributed by atoms with Crippen LogP contribution in [0.25, 0.3) is 17.1 Å². The van der Waals surface area contributed by atoms with Gasteiger partial charge in [0.25, 0.3) is 5.91 Å². The molecule has 11 aromatic rings. The number of benzene rings is 6. The summed E-state index contributed by atoms with van der Waals surface area (Å²) >= 11 is 6.32. The molecule has 1 unspecified atom stereocenters. The number of hydrogen-bond acceptors (Lipinski definition) is 32. The van der Waals surface area contributed by atoms with Gasteiger partial charge in [-0.05, 0) is 250 Å². The third-order valence-corrected chi connectivity index (χ3v) is 33.0. The molecule has 10 aliphatic rings. The number of rotatable bonds is 29. The summed E-state index contributed by atoms with van der Waals surface area (Å²) in [4.78, 5) is 67.2. The summed E-state index contributed by atoms with van der Waals surface area (Å²) < 4.78 is 39.5. The highest BCUT2D eigenvalue weighted by Gasteiger charge is 2.39. The van der Waals surface area contributed by atoms with Gasteiger partial charge in [-0.25, -0.2) is 32.7 Å². The number of amides is 1. The Bertz CT molecular complexity index is 6350. The normalized spacial score (nSPS) is 20.0. The third kappa shape index (κ3) is 26.9. The monoisotopic (exact) mass is 2050 g/mol. The first-order valence-corrected chi connectivity index (χ1v) is 55.4. The van der Waals surface area contributed by atoms with Crippen LogP contribution in [0.5, 0.6) is 5.75 Å². The summed E-state index contributed by atoms with van der Waals surface area (Å²) in [5.74, 6) is 5.29. The lowest BCUT2D eigenvalue weighted by Gasteiger charge is -2.42. The van der Waals surface area contributed by atoms with Crippen LogP contribution in [0.2, 0.25) is 5.02 Å². The summed E-state index contributed by atoms with van der Waals surface area (Å²) in [6.07, 6.45) is 24.7. The van der Waals surface area contributed by atoms with E-state index in [0.29, 0.717) is 77.3 Å². The van der Waals surface area contributed by atoms with E-state index in [0.717, 1.165) is 283 Å².